The van der Waals surface area contributed by atoms with Gasteiger partial charge in [-0.25, -0.2) is 4.79 Å². The van der Waals surface area contributed by atoms with Crippen LogP contribution in [0.15, 0.2) is 18.5 Å². The van der Waals surface area contributed by atoms with Gasteiger partial charge in [0.1, 0.15) is 0 Å². The number of nitrogens with zero attached hydrogens (tertiary/aromatic N) is 3. The topological polar surface area (TPSA) is 70.4 Å². The van der Waals surface area contributed by atoms with E-state index in [1.807, 2.05) is 21.8 Å². The average molecular weight is 320 g/mol. The molecular formula is C17H28N4O2. The number of nitrogens with one attached hydrogen (secondary N) is 1. The molecule has 6 heteroatoms. The second-order valence-electron chi connectivity index (χ2n) is 7.40. The van der Waals surface area contributed by atoms with E-state index in [-0.39, 0.29) is 24.2 Å². The van der Waals surface area contributed by atoms with Crippen LogP contribution in [0.4, 0.5) is 4.79 Å². The van der Waals surface area contributed by atoms with E-state index < -0.39 is 5.60 Å². The van der Waals surface area contributed by atoms with Crippen LogP contribution in [0.1, 0.15) is 58.4 Å². The first-order valence-corrected chi connectivity index (χ1v) is 8.75. The molecule has 1 aromatic rings. The summed E-state index contributed by atoms with van der Waals surface area (Å²) in [7, 11) is 0. The lowest BCUT2D eigenvalue weighted by Crippen LogP contribution is -2.54. The van der Waals surface area contributed by atoms with Gasteiger partial charge in [0.25, 0.3) is 0 Å². The fourth-order valence-corrected chi connectivity index (χ4v) is 4.06. The minimum absolute atomic E-state index is 0.0429. The van der Waals surface area contributed by atoms with Gasteiger partial charge in [-0.1, -0.05) is 12.8 Å². The molecule has 2 aliphatic rings. The minimum atomic E-state index is -0.859. The third-order valence-electron chi connectivity index (χ3n) is 5.23. The van der Waals surface area contributed by atoms with Gasteiger partial charge >= 0.3 is 6.03 Å². The van der Waals surface area contributed by atoms with Gasteiger partial charge in [0.15, 0.2) is 0 Å². The van der Waals surface area contributed by atoms with Gasteiger partial charge < -0.3 is 15.3 Å². The zero-order valence-electron chi connectivity index (χ0n) is 14.1. The monoisotopic (exact) mass is 320 g/mol. The molecule has 1 aliphatic heterocycles. The number of hydrogen-bond acceptors (Lipinski definition) is 3. The molecule has 3 rings (SSSR count). The molecule has 0 bridgehead atoms. The summed E-state index contributed by atoms with van der Waals surface area (Å²) >= 11 is 0. The third-order valence-corrected chi connectivity index (χ3v) is 5.23. The Kier molecular flexibility index (Phi) is 4.62. The molecule has 6 nitrogen and oxygen atoms in total. The maximum atomic E-state index is 12.8. The van der Waals surface area contributed by atoms with Crippen LogP contribution in [-0.2, 0) is 0 Å². The Labute approximate surface area is 137 Å². The minimum Gasteiger partial charge on any atom is -0.388 e. The molecule has 1 saturated heterocycles. The molecule has 1 aromatic heterocycles. The number of aromatic nitrogens is 2. The Morgan fingerprint density at radius 2 is 2.04 bits per heavy atom. The fourth-order valence-electron chi connectivity index (χ4n) is 4.06. The van der Waals surface area contributed by atoms with Crippen molar-refractivity contribution in [2.45, 2.75) is 76.1 Å². The summed E-state index contributed by atoms with van der Waals surface area (Å²) in [5.41, 5.74) is -0.859. The van der Waals surface area contributed by atoms with Crippen LogP contribution in [0.5, 0.6) is 0 Å². The highest BCUT2D eigenvalue weighted by Crippen LogP contribution is 2.30. The number of aliphatic hydroxyl groups is 1. The van der Waals surface area contributed by atoms with Crippen molar-refractivity contribution in [3.8, 4) is 0 Å². The molecule has 1 saturated carbocycles. The van der Waals surface area contributed by atoms with Crippen molar-refractivity contribution in [1.29, 1.82) is 0 Å². The molecule has 2 fully saturated rings. The second-order valence-corrected chi connectivity index (χ2v) is 7.40. The van der Waals surface area contributed by atoms with Crippen molar-refractivity contribution in [2.75, 3.05) is 6.54 Å². The largest absolute Gasteiger partial charge is 0.388 e. The summed E-state index contributed by atoms with van der Waals surface area (Å²) in [6.45, 7) is 4.30. The number of carbonyl (C=O) groups is 1. The number of rotatable bonds is 3. The van der Waals surface area contributed by atoms with Crippen LogP contribution in [-0.4, -0.2) is 50.0 Å². The van der Waals surface area contributed by atoms with Crippen molar-refractivity contribution in [2.24, 2.45) is 0 Å². The second kappa shape index (κ2) is 6.51. The van der Waals surface area contributed by atoms with Gasteiger partial charge in [-0.05, 0) is 45.6 Å². The quantitative estimate of drug-likeness (QED) is 0.898. The molecule has 2 N–H and O–H groups in total. The zero-order chi connectivity index (χ0) is 16.4. The number of urea groups is 1. The van der Waals surface area contributed by atoms with Gasteiger partial charge in [0.2, 0.25) is 0 Å². The van der Waals surface area contributed by atoms with Gasteiger partial charge in [0.05, 0.1) is 23.7 Å². The smallest absolute Gasteiger partial charge is 0.318 e. The molecule has 2 heterocycles. The van der Waals surface area contributed by atoms with E-state index in [1.165, 1.54) is 6.42 Å². The van der Waals surface area contributed by atoms with Gasteiger partial charge in [-0.2, -0.15) is 5.10 Å². The Balaban J connectivity index is 1.68. The van der Waals surface area contributed by atoms with E-state index in [0.717, 1.165) is 38.6 Å². The summed E-state index contributed by atoms with van der Waals surface area (Å²) in [4.78, 5) is 14.6. The number of likely N-dealkylation sites (tertiary alicyclic amines) is 1. The van der Waals surface area contributed by atoms with Crippen LogP contribution in [0.3, 0.4) is 0 Å². The lowest BCUT2D eigenvalue weighted by atomic mass is 9.90. The molecule has 2 amide bonds. The molecule has 1 aliphatic carbocycles. The predicted octanol–water partition coefficient (Wildman–Crippen LogP) is 2.31. The molecule has 0 spiro atoms. The normalized spacial score (nSPS) is 28.8. The molecule has 0 aromatic carbocycles. The highest BCUT2D eigenvalue weighted by atomic mass is 16.3. The molecule has 3 atom stereocenters. The van der Waals surface area contributed by atoms with E-state index in [1.54, 1.807) is 20.0 Å². The maximum Gasteiger partial charge on any atom is 0.318 e. The lowest BCUT2D eigenvalue weighted by Gasteiger charge is -2.37. The van der Waals surface area contributed by atoms with E-state index >= 15 is 0 Å². The van der Waals surface area contributed by atoms with Crippen molar-refractivity contribution in [1.82, 2.24) is 20.0 Å². The van der Waals surface area contributed by atoms with Crippen LogP contribution in [0.25, 0.3) is 0 Å². The predicted molar refractivity (Wildman–Crippen MR) is 88.1 cm³/mol. The van der Waals surface area contributed by atoms with E-state index in [9.17, 15) is 9.90 Å². The van der Waals surface area contributed by atoms with Crippen molar-refractivity contribution in [3.05, 3.63) is 18.5 Å². The zero-order valence-corrected chi connectivity index (χ0v) is 14.1. The maximum absolute atomic E-state index is 12.8. The van der Waals surface area contributed by atoms with Crippen LogP contribution in [0, 0.1) is 0 Å². The van der Waals surface area contributed by atoms with E-state index in [0.29, 0.717) is 0 Å². The van der Waals surface area contributed by atoms with Crippen LogP contribution >= 0.6 is 0 Å². The Hall–Kier alpha value is -1.56. The summed E-state index contributed by atoms with van der Waals surface area (Å²) in [6.07, 6.45) is 9.92. The van der Waals surface area contributed by atoms with Gasteiger partial charge in [-0.15, -0.1) is 0 Å². The van der Waals surface area contributed by atoms with Crippen molar-refractivity contribution >= 4 is 6.03 Å². The SMILES string of the molecule is CC(C)(O)[C@@H]1CCCN1C(=O)N[C@H]1CCCC[C@@H]1n1cccn1. The first kappa shape index (κ1) is 16.3. The summed E-state index contributed by atoms with van der Waals surface area (Å²) in [5.74, 6) is 0. The Morgan fingerprint density at radius 1 is 1.26 bits per heavy atom. The van der Waals surface area contributed by atoms with Gasteiger partial charge in [-0.3, -0.25) is 4.68 Å². The molecular weight excluding hydrogens is 292 g/mol. The van der Waals surface area contributed by atoms with E-state index in [4.69, 9.17) is 0 Å². The third kappa shape index (κ3) is 3.52. The molecule has 128 valence electrons. The Bertz CT molecular complexity index is 523. The van der Waals surface area contributed by atoms with E-state index in [2.05, 4.69) is 10.4 Å². The number of hydrogen-bond donors (Lipinski definition) is 2. The highest BCUT2D eigenvalue weighted by Gasteiger charge is 2.39. The van der Waals surface area contributed by atoms with Crippen LogP contribution in [0.2, 0.25) is 0 Å². The Morgan fingerprint density at radius 3 is 2.74 bits per heavy atom. The molecule has 0 unspecified atom stereocenters. The fraction of sp³-hybridized carbons (Fsp3) is 0.765. The first-order chi connectivity index (χ1) is 11.0. The summed E-state index contributed by atoms with van der Waals surface area (Å²) < 4.78 is 1.97. The molecule has 0 radical (unpaired) electrons. The standard InChI is InChI=1S/C17H28N4O2/c1-17(2,23)15-9-5-11-20(15)16(22)19-13-7-3-4-8-14(13)21-12-6-10-18-21/h6,10,12-15,23H,3-5,7-9,11H2,1-2H3,(H,19,22)/t13-,14-,15-/m0/s1. The first-order valence-electron chi connectivity index (χ1n) is 8.75. The van der Waals surface area contributed by atoms with Crippen LogP contribution < -0.4 is 5.32 Å². The molecule has 23 heavy (non-hydrogen) atoms. The number of carbonyl (C=O) groups excluding carboxylic acids is 1. The average Bonchev–Trinajstić information content (AvgIpc) is 3.19. The summed E-state index contributed by atoms with van der Waals surface area (Å²) in [5, 5.41) is 17.9. The number of amides is 2. The van der Waals surface area contributed by atoms with Gasteiger partial charge in [0, 0.05) is 18.9 Å². The van der Waals surface area contributed by atoms with Crippen molar-refractivity contribution in [3.63, 3.8) is 0 Å². The summed E-state index contributed by atoms with van der Waals surface area (Å²) in [6, 6.07) is 2.12. The lowest BCUT2D eigenvalue weighted by molar-refractivity contribution is 0.00896. The highest BCUT2D eigenvalue weighted by molar-refractivity contribution is 5.75. The van der Waals surface area contributed by atoms with Crippen molar-refractivity contribution < 1.29 is 9.90 Å².